The summed E-state index contributed by atoms with van der Waals surface area (Å²) in [6.07, 6.45) is 2.45. The number of pyridine rings is 1. The second kappa shape index (κ2) is 7.19. The average Bonchev–Trinajstić information content (AvgIpc) is 3.40. The van der Waals surface area contributed by atoms with Crippen LogP contribution in [0.25, 0.3) is 11.1 Å². The minimum absolute atomic E-state index is 0.113. The Bertz CT molecular complexity index is 760. The van der Waals surface area contributed by atoms with Crippen molar-refractivity contribution >= 4 is 17.7 Å². The third kappa shape index (κ3) is 4.33. The van der Waals surface area contributed by atoms with Crippen LogP contribution in [-0.2, 0) is 0 Å². The Morgan fingerprint density at radius 3 is 2.64 bits per heavy atom. The number of halogens is 1. The maximum atomic E-state index is 10.6. The highest BCUT2D eigenvalue weighted by atomic mass is 35.5. The van der Waals surface area contributed by atoms with Crippen molar-refractivity contribution < 1.29 is 19.4 Å². The Balaban J connectivity index is 1.70. The molecular formula is C18H19ClN2O4. The van der Waals surface area contributed by atoms with Crippen LogP contribution in [0, 0.1) is 5.41 Å². The number of aromatic nitrogens is 1. The molecule has 0 radical (unpaired) electrons. The van der Waals surface area contributed by atoms with E-state index in [1.807, 2.05) is 30.3 Å². The monoisotopic (exact) mass is 362 g/mol. The summed E-state index contributed by atoms with van der Waals surface area (Å²) in [5.41, 5.74) is 1.57. The van der Waals surface area contributed by atoms with Crippen LogP contribution >= 0.6 is 11.6 Å². The number of methoxy groups -OCH3 is 1. The molecule has 1 amide bonds. The fourth-order valence-electron chi connectivity index (χ4n) is 2.53. The third-order valence-corrected chi connectivity index (χ3v) is 4.63. The molecule has 1 fully saturated rings. The SMILES string of the molecule is COc1ccc(-c2cc(OCC3(CNC(=O)O)CC3)cnc2Cl)cc1. The van der Waals surface area contributed by atoms with Gasteiger partial charge in [-0.3, -0.25) is 0 Å². The number of benzene rings is 1. The summed E-state index contributed by atoms with van der Waals surface area (Å²) in [7, 11) is 1.62. The lowest BCUT2D eigenvalue weighted by Crippen LogP contribution is -2.31. The normalized spacial score (nSPS) is 14.6. The molecule has 3 rings (SSSR count). The van der Waals surface area contributed by atoms with Crippen molar-refractivity contribution in [2.24, 2.45) is 5.41 Å². The van der Waals surface area contributed by atoms with Gasteiger partial charge in [0.1, 0.15) is 16.7 Å². The quantitative estimate of drug-likeness (QED) is 0.731. The van der Waals surface area contributed by atoms with Gasteiger partial charge in [0.05, 0.1) is 19.9 Å². The van der Waals surface area contributed by atoms with Crippen LogP contribution in [0.15, 0.2) is 36.5 Å². The number of nitrogens with one attached hydrogen (secondary N) is 1. The summed E-state index contributed by atoms with van der Waals surface area (Å²) in [5, 5.41) is 11.6. The van der Waals surface area contributed by atoms with E-state index in [2.05, 4.69) is 10.3 Å². The van der Waals surface area contributed by atoms with Crippen molar-refractivity contribution in [2.45, 2.75) is 12.8 Å². The number of carbonyl (C=O) groups is 1. The van der Waals surface area contributed by atoms with Gasteiger partial charge in [-0.25, -0.2) is 9.78 Å². The smallest absolute Gasteiger partial charge is 0.404 e. The van der Waals surface area contributed by atoms with Crippen molar-refractivity contribution in [2.75, 3.05) is 20.3 Å². The number of hydrogen-bond donors (Lipinski definition) is 2. The maximum absolute atomic E-state index is 10.6. The molecule has 1 aromatic carbocycles. The van der Waals surface area contributed by atoms with Gasteiger partial charge in [0.25, 0.3) is 0 Å². The first-order chi connectivity index (χ1) is 12.0. The second-order valence-corrected chi connectivity index (χ2v) is 6.54. The van der Waals surface area contributed by atoms with E-state index in [0.29, 0.717) is 24.1 Å². The van der Waals surface area contributed by atoms with Gasteiger partial charge in [-0.1, -0.05) is 23.7 Å². The van der Waals surface area contributed by atoms with Crippen LogP contribution in [0.5, 0.6) is 11.5 Å². The van der Waals surface area contributed by atoms with Crippen molar-refractivity contribution in [3.05, 3.63) is 41.7 Å². The molecule has 25 heavy (non-hydrogen) atoms. The van der Waals surface area contributed by atoms with Crippen LogP contribution in [-0.4, -0.2) is 36.4 Å². The van der Waals surface area contributed by atoms with Crippen molar-refractivity contribution in [3.63, 3.8) is 0 Å². The molecule has 0 bridgehead atoms. The molecule has 1 saturated carbocycles. The lowest BCUT2D eigenvalue weighted by Gasteiger charge is -2.16. The predicted molar refractivity (Wildman–Crippen MR) is 94.4 cm³/mol. The van der Waals surface area contributed by atoms with Gasteiger partial charge in [0.2, 0.25) is 0 Å². The van der Waals surface area contributed by atoms with E-state index >= 15 is 0 Å². The molecule has 7 heteroatoms. The van der Waals surface area contributed by atoms with Crippen LogP contribution in [0.2, 0.25) is 5.15 Å². The zero-order chi connectivity index (χ0) is 17.9. The minimum Gasteiger partial charge on any atom is -0.497 e. The van der Waals surface area contributed by atoms with Gasteiger partial charge in [0, 0.05) is 17.5 Å². The fraction of sp³-hybridized carbons (Fsp3) is 0.333. The molecule has 0 unspecified atom stereocenters. The zero-order valence-electron chi connectivity index (χ0n) is 13.8. The largest absolute Gasteiger partial charge is 0.497 e. The lowest BCUT2D eigenvalue weighted by atomic mass is 10.1. The van der Waals surface area contributed by atoms with Gasteiger partial charge < -0.3 is 19.9 Å². The van der Waals surface area contributed by atoms with E-state index in [1.54, 1.807) is 13.3 Å². The number of amides is 1. The van der Waals surface area contributed by atoms with Crippen LogP contribution < -0.4 is 14.8 Å². The summed E-state index contributed by atoms with van der Waals surface area (Å²) < 4.78 is 11.0. The van der Waals surface area contributed by atoms with E-state index in [0.717, 1.165) is 29.7 Å². The number of nitrogens with zero attached hydrogens (tertiary/aromatic N) is 1. The van der Waals surface area contributed by atoms with Crippen LogP contribution in [0.4, 0.5) is 4.79 Å². The van der Waals surface area contributed by atoms with Gasteiger partial charge in [-0.15, -0.1) is 0 Å². The first-order valence-electron chi connectivity index (χ1n) is 7.91. The molecule has 0 spiro atoms. The molecular weight excluding hydrogens is 344 g/mol. The molecule has 0 atom stereocenters. The van der Waals surface area contributed by atoms with Crippen LogP contribution in [0.3, 0.4) is 0 Å². The van der Waals surface area contributed by atoms with Gasteiger partial charge in [0.15, 0.2) is 0 Å². The summed E-state index contributed by atoms with van der Waals surface area (Å²) in [6.45, 7) is 0.841. The number of hydrogen-bond acceptors (Lipinski definition) is 4. The Morgan fingerprint density at radius 1 is 1.32 bits per heavy atom. The number of rotatable bonds is 7. The Kier molecular flexibility index (Phi) is 4.99. The second-order valence-electron chi connectivity index (χ2n) is 6.19. The highest BCUT2D eigenvalue weighted by Crippen LogP contribution is 2.45. The summed E-state index contributed by atoms with van der Waals surface area (Å²) in [4.78, 5) is 14.8. The molecule has 0 saturated heterocycles. The first-order valence-corrected chi connectivity index (χ1v) is 8.29. The summed E-state index contributed by atoms with van der Waals surface area (Å²) in [6, 6.07) is 9.37. The van der Waals surface area contributed by atoms with Crippen LogP contribution in [0.1, 0.15) is 12.8 Å². The molecule has 1 heterocycles. The first kappa shape index (κ1) is 17.4. The molecule has 2 N–H and O–H groups in total. The highest BCUT2D eigenvalue weighted by Gasteiger charge is 2.43. The lowest BCUT2D eigenvalue weighted by molar-refractivity contribution is 0.184. The summed E-state index contributed by atoms with van der Waals surface area (Å²) in [5.74, 6) is 1.37. The molecule has 1 aromatic heterocycles. The van der Waals surface area contributed by atoms with Gasteiger partial charge >= 0.3 is 6.09 Å². The van der Waals surface area contributed by atoms with Crippen molar-refractivity contribution in [3.8, 4) is 22.6 Å². The standard InChI is InChI=1S/C18H19ClN2O4/c1-24-13-4-2-12(3-5-13)15-8-14(9-20-16(15)19)25-11-18(6-7-18)10-21-17(22)23/h2-5,8-9,21H,6-7,10-11H2,1H3,(H,22,23). The van der Waals surface area contributed by atoms with Crippen molar-refractivity contribution in [1.29, 1.82) is 0 Å². The Morgan fingerprint density at radius 2 is 2.04 bits per heavy atom. The van der Waals surface area contributed by atoms with E-state index < -0.39 is 6.09 Å². The average molecular weight is 363 g/mol. The van der Waals surface area contributed by atoms with E-state index in [1.165, 1.54) is 0 Å². The Hall–Kier alpha value is -2.47. The predicted octanol–water partition coefficient (Wildman–Crippen LogP) is 3.84. The number of ether oxygens (including phenoxy) is 2. The summed E-state index contributed by atoms with van der Waals surface area (Å²) >= 11 is 6.22. The third-order valence-electron chi connectivity index (χ3n) is 4.33. The fourth-order valence-corrected chi connectivity index (χ4v) is 2.74. The molecule has 1 aliphatic carbocycles. The van der Waals surface area contributed by atoms with Gasteiger partial charge in [-0.05, 0) is 36.6 Å². The zero-order valence-corrected chi connectivity index (χ0v) is 14.5. The molecule has 132 valence electrons. The van der Waals surface area contributed by atoms with Gasteiger partial charge in [-0.2, -0.15) is 0 Å². The molecule has 0 aliphatic heterocycles. The molecule has 6 nitrogen and oxygen atoms in total. The molecule has 1 aliphatic rings. The molecule has 2 aromatic rings. The Labute approximate surface area is 150 Å². The highest BCUT2D eigenvalue weighted by molar-refractivity contribution is 6.32. The topological polar surface area (TPSA) is 80.7 Å². The number of carboxylic acid groups (broad SMARTS) is 1. The van der Waals surface area contributed by atoms with E-state index in [4.69, 9.17) is 26.2 Å². The van der Waals surface area contributed by atoms with Crippen molar-refractivity contribution in [1.82, 2.24) is 10.3 Å². The van der Waals surface area contributed by atoms with E-state index in [9.17, 15) is 4.79 Å². The minimum atomic E-state index is -1.01. The maximum Gasteiger partial charge on any atom is 0.404 e. The van der Waals surface area contributed by atoms with E-state index in [-0.39, 0.29) is 5.41 Å².